The van der Waals surface area contributed by atoms with Crippen LogP contribution in [0.3, 0.4) is 0 Å². The molecule has 1 rings (SSSR count). The third-order valence-electron chi connectivity index (χ3n) is 2.33. The molecule has 1 heterocycles. The van der Waals surface area contributed by atoms with Gasteiger partial charge < -0.3 is 10.5 Å². The van der Waals surface area contributed by atoms with Crippen molar-refractivity contribution < 1.29 is 4.74 Å². The standard InChI is InChI=1S/C11H15ClN2O/c1-4-9(11(13)15-3)10-5-8(12)6-14-7(10)2/h4-6,9,11H,1,13H2,2-3H3. The Morgan fingerprint density at radius 3 is 2.87 bits per heavy atom. The fourth-order valence-corrected chi connectivity index (χ4v) is 1.61. The van der Waals surface area contributed by atoms with Crippen molar-refractivity contribution in [3.05, 3.63) is 41.2 Å². The van der Waals surface area contributed by atoms with Crippen LogP contribution in [-0.2, 0) is 4.74 Å². The van der Waals surface area contributed by atoms with Crippen LogP contribution in [-0.4, -0.2) is 18.3 Å². The lowest BCUT2D eigenvalue weighted by atomic mass is 9.96. The Labute approximate surface area is 94.9 Å². The summed E-state index contributed by atoms with van der Waals surface area (Å²) in [6.45, 7) is 5.65. The van der Waals surface area contributed by atoms with E-state index in [1.54, 1.807) is 19.4 Å². The molecule has 2 atom stereocenters. The predicted molar refractivity (Wildman–Crippen MR) is 61.9 cm³/mol. The van der Waals surface area contributed by atoms with Gasteiger partial charge in [0.05, 0.1) is 5.02 Å². The lowest BCUT2D eigenvalue weighted by Gasteiger charge is -2.20. The average molecular weight is 227 g/mol. The number of methoxy groups -OCH3 is 1. The molecule has 1 aromatic heterocycles. The highest BCUT2D eigenvalue weighted by Crippen LogP contribution is 2.25. The Balaban J connectivity index is 3.11. The van der Waals surface area contributed by atoms with E-state index in [0.717, 1.165) is 11.3 Å². The lowest BCUT2D eigenvalue weighted by molar-refractivity contribution is 0.0962. The van der Waals surface area contributed by atoms with Crippen molar-refractivity contribution in [2.45, 2.75) is 19.1 Å². The molecule has 15 heavy (non-hydrogen) atoms. The van der Waals surface area contributed by atoms with E-state index in [4.69, 9.17) is 22.1 Å². The molecule has 0 amide bonds. The maximum absolute atomic E-state index is 5.89. The molecule has 2 unspecified atom stereocenters. The topological polar surface area (TPSA) is 48.1 Å². The van der Waals surface area contributed by atoms with Gasteiger partial charge >= 0.3 is 0 Å². The molecule has 0 aromatic carbocycles. The van der Waals surface area contributed by atoms with E-state index in [0.29, 0.717) is 5.02 Å². The minimum Gasteiger partial charge on any atom is -0.366 e. The monoisotopic (exact) mass is 226 g/mol. The van der Waals surface area contributed by atoms with Gasteiger partial charge in [0, 0.05) is 24.9 Å². The van der Waals surface area contributed by atoms with Gasteiger partial charge in [0.2, 0.25) is 0 Å². The van der Waals surface area contributed by atoms with E-state index >= 15 is 0 Å². The molecule has 0 radical (unpaired) electrons. The predicted octanol–water partition coefficient (Wildman–Crippen LogP) is 2.24. The highest BCUT2D eigenvalue weighted by Gasteiger charge is 2.18. The Morgan fingerprint density at radius 2 is 2.33 bits per heavy atom. The average Bonchev–Trinajstić information content (AvgIpc) is 2.23. The number of halogens is 1. The number of hydrogen-bond donors (Lipinski definition) is 1. The van der Waals surface area contributed by atoms with Gasteiger partial charge in [0.1, 0.15) is 6.23 Å². The highest BCUT2D eigenvalue weighted by atomic mass is 35.5. The van der Waals surface area contributed by atoms with Crippen LogP contribution in [0.15, 0.2) is 24.9 Å². The maximum atomic E-state index is 5.89. The summed E-state index contributed by atoms with van der Waals surface area (Å²) in [6, 6.07) is 1.84. The molecule has 82 valence electrons. The molecule has 4 heteroatoms. The number of pyridine rings is 1. The van der Waals surface area contributed by atoms with Gasteiger partial charge in [-0.25, -0.2) is 0 Å². The molecule has 2 N–H and O–H groups in total. The number of nitrogens with two attached hydrogens (primary N) is 1. The molecule has 1 aromatic rings. The molecule has 0 aliphatic rings. The Morgan fingerprint density at radius 1 is 1.67 bits per heavy atom. The first-order valence-electron chi connectivity index (χ1n) is 4.63. The van der Waals surface area contributed by atoms with Crippen LogP contribution in [0.25, 0.3) is 0 Å². The number of rotatable bonds is 4. The van der Waals surface area contributed by atoms with Crippen LogP contribution in [0.5, 0.6) is 0 Å². The van der Waals surface area contributed by atoms with Crippen molar-refractivity contribution >= 4 is 11.6 Å². The van der Waals surface area contributed by atoms with Crippen LogP contribution in [0, 0.1) is 6.92 Å². The minimum absolute atomic E-state index is 0.0961. The van der Waals surface area contributed by atoms with Gasteiger partial charge in [0.15, 0.2) is 0 Å². The molecule has 3 nitrogen and oxygen atoms in total. The molecule has 0 fully saturated rings. The van der Waals surface area contributed by atoms with Gasteiger partial charge in [-0.1, -0.05) is 17.7 Å². The van der Waals surface area contributed by atoms with Crippen molar-refractivity contribution in [2.24, 2.45) is 5.73 Å². The lowest BCUT2D eigenvalue weighted by Crippen LogP contribution is -2.29. The summed E-state index contributed by atoms with van der Waals surface area (Å²) in [5.41, 5.74) is 7.65. The number of nitrogens with zero attached hydrogens (tertiary/aromatic N) is 1. The molecule has 0 spiro atoms. The van der Waals surface area contributed by atoms with E-state index in [1.165, 1.54) is 0 Å². The fraction of sp³-hybridized carbons (Fsp3) is 0.364. The van der Waals surface area contributed by atoms with Crippen molar-refractivity contribution in [1.82, 2.24) is 4.98 Å². The molecular weight excluding hydrogens is 212 g/mol. The van der Waals surface area contributed by atoms with Crippen molar-refractivity contribution in [1.29, 1.82) is 0 Å². The zero-order valence-corrected chi connectivity index (χ0v) is 9.66. The van der Waals surface area contributed by atoms with Crippen LogP contribution >= 0.6 is 11.6 Å². The highest BCUT2D eigenvalue weighted by molar-refractivity contribution is 6.30. The van der Waals surface area contributed by atoms with E-state index in [-0.39, 0.29) is 5.92 Å². The smallest absolute Gasteiger partial charge is 0.115 e. The number of aromatic nitrogens is 1. The first-order chi connectivity index (χ1) is 7.10. The molecule has 0 aliphatic carbocycles. The molecular formula is C11H15ClN2O. The van der Waals surface area contributed by atoms with Crippen molar-refractivity contribution in [2.75, 3.05) is 7.11 Å². The maximum Gasteiger partial charge on any atom is 0.115 e. The third-order valence-corrected chi connectivity index (χ3v) is 2.54. The van der Waals surface area contributed by atoms with E-state index in [9.17, 15) is 0 Å². The SMILES string of the molecule is C=CC(c1cc(Cl)cnc1C)C(N)OC. The second kappa shape index (κ2) is 5.26. The zero-order chi connectivity index (χ0) is 11.4. The van der Waals surface area contributed by atoms with Crippen molar-refractivity contribution in [3.63, 3.8) is 0 Å². The van der Waals surface area contributed by atoms with Gasteiger partial charge in [0.25, 0.3) is 0 Å². The molecule has 0 bridgehead atoms. The largest absolute Gasteiger partial charge is 0.366 e. The first kappa shape index (κ1) is 12.2. The zero-order valence-electron chi connectivity index (χ0n) is 8.90. The van der Waals surface area contributed by atoms with Crippen LogP contribution in [0.4, 0.5) is 0 Å². The van der Waals surface area contributed by atoms with Crippen molar-refractivity contribution in [3.8, 4) is 0 Å². The summed E-state index contributed by atoms with van der Waals surface area (Å²) in [5.74, 6) is -0.0961. The molecule has 0 saturated carbocycles. The summed E-state index contributed by atoms with van der Waals surface area (Å²) in [4.78, 5) is 4.17. The first-order valence-corrected chi connectivity index (χ1v) is 5.01. The summed E-state index contributed by atoms with van der Waals surface area (Å²) in [6.07, 6.45) is 2.93. The van der Waals surface area contributed by atoms with E-state index < -0.39 is 6.23 Å². The summed E-state index contributed by atoms with van der Waals surface area (Å²) < 4.78 is 5.09. The molecule has 0 saturated heterocycles. The summed E-state index contributed by atoms with van der Waals surface area (Å²) >= 11 is 5.89. The van der Waals surface area contributed by atoms with Crippen LogP contribution in [0.1, 0.15) is 17.2 Å². The minimum atomic E-state index is -0.429. The number of ether oxygens (including phenoxy) is 1. The number of hydrogen-bond acceptors (Lipinski definition) is 3. The van der Waals surface area contributed by atoms with Crippen LogP contribution in [0.2, 0.25) is 5.02 Å². The fourth-order valence-electron chi connectivity index (χ4n) is 1.45. The van der Waals surface area contributed by atoms with Gasteiger partial charge in [-0.15, -0.1) is 6.58 Å². The number of aryl methyl sites for hydroxylation is 1. The van der Waals surface area contributed by atoms with E-state index in [1.807, 2.05) is 13.0 Å². The second-order valence-electron chi connectivity index (χ2n) is 3.29. The second-order valence-corrected chi connectivity index (χ2v) is 3.73. The summed E-state index contributed by atoms with van der Waals surface area (Å²) in [7, 11) is 1.56. The van der Waals surface area contributed by atoms with Gasteiger partial charge in [-0.2, -0.15) is 0 Å². The summed E-state index contributed by atoms with van der Waals surface area (Å²) in [5, 5.41) is 0.589. The Bertz CT molecular complexity index is 354. The quantitative estimate of drug-likeness (QED) is 0.633. The normalized spacial score (nSPS) is 14.7. The van der Waals surface area contributed by atoms with E-state index in [2.05, 4.69) is 11.6 Å². The van der Waals surface area contributed by atoms with Crippen LogP contribution < -0.4 is 5.73 Å². The Hall–Kier alpha value is -0.900. The van der Waals surface area contributed by atoms with Gasteiger partial charge in [-0.05, 0) is 18.6 Å². The molecule has 0 aliphatic heterocycles. The third kappa shape index (κ3) is 2.78. The van der Waals surface area contributed by atoms with Gasteiger partial charge in [-0.3, -0.25) is 4.98 Å². The Kier molecular flexibility index (Phi) is 4.27.